The molecule has 1 N–H and O–H groups in total. The fourth-order valence-corrected chi connectivity index (χ4v) is 4.31. The zero-order valence-electron chi connectivity index (χ0n) is 11.0. The van der Waals surface area contributed by atoms with Crippen LogP contribution in [0.4, 0.5) is 0 Å². The zero-order chi connectivity index (χ0) is 15.2. The minimum absolute atomic E-state index is 0.219. The molecule has 0 saturated carbocycles. The van der Waals surface area contributed by atoms with Gasteiger partial charge in [0.2, 0.25) is 10.0 Å². The zero-order valence-corrected chi connectivity index (χ0v) is 15.7. The highest BCUT2D eigenvalue weighted by Gasteiger charge is 2.18. The number of alkyl halides is 1. The highest BCUT2D eigenvalue weighted by molar-refractivity contribution is 9.11. The summed E-state index contributed by atoms with van der Waals surface area (Å²) < 4.78 is 33.4. The smallest absolute Gasteiger partial charge is 0.241 e. The van der Waals surface area contributed by atoms with Crippen molar-refractivity contribution in [1.82, 2.24) is 4.72 Å². The number of hydrogen-bond acceptors (Lipinski definition) is 3. The summed E-state index contributed by atoms with van der Waals surface area (Å²) in [6.45, 7) is 3.17. The summed E-state index contributed by atoms with van der Waals surface area (Å²) in [5.41, 5.74) is 0.963. The third-order valence-electron chi connectivity index (χ3n) is 2.48. The van der Waals surface area contributed by atoms with E-state index in [-0.39, 0.29) is 4.90 Å². The highest BCUT2D eigenvalue weighted by Crippen LogP contribution is 2.28. The Labute approximate surface area is 141 Å². The number of rotatable bonds is 8. The maximum Gasteiger partial charge on any atom is 0.241 e. The monoisotopic (exact) mass is 447 g/mol. The summed E-state index contributed by atoms with van der Waals surface area (Å²) in [6, 6.07) is 3.36. The lowest BCUT2D eigenvalue weighted by atomic mass is 10.2. The van der Waals surface area contributed by atoms with Gasteiger partial charge in [0, 0.05) is 28.0 Å². The molecule has 1 aromatic carbocycles. The SMILES string of the molecule is Cc1cc(Br)c(S(=O)(=O)NCCCOCCCl)cc1Br. The molecule has 0 bridgehead atoms. The van der Waals surface area contributed by atoms with Gasteiger partial charge in [0.1, 0.15) is 0 Å². The van der Waals surface area contributed by atoms with Crippen LogP contribution < -0.4 is 4.72 Å². The summed E-state index contributed by atoms with van der Waals surface area (Å²) in [5, 5.41) is 0. The van der Waals surface area contributed by atoms with Gasteiger partial charge in [0.05, 0.1) is 11.5 Å². The maximum absolute atomic E-state index is 12.2. The molecule has 0 atom stereocenters. The fraction of sp³-hybridized carbons (Fsp3) is 0.500. The lowest BCUT2D eigenvalue weighted by molar-refractivity contribution is 0.147. The number of hydrogen-bond donors (Lipinski definition) is 1. The number of nitrogens with one attached hydrogen (secondary N) is 1. The van der Waals surface area contributed by atoms with Crippen molar-refractivity contribution >= 4 is 53.5 Å². The Hall–Kier alpha value is 0.340. The van der Waals surface area contributed by atoms with Crippen molar-refractivity contribution < 1.29 is 13.2 Å². The Morgan fingerprint density at radius 1 is 1.25 bits per heavy atom. The molecule has 1 rings (SSSR count). The Morgan fingerprint density at radius 2 is 1.95 bits per heavy atom. The Balaban J connectivity index is 2.63. The minimum atomic E-state index is -3.53. The number of sulfonamides is 1. The van der Waals surface area contributed by atoms with E-state index in [4.69, 9.17) is 16.3 Å². The lowest BCUT2D eigenvalue weighted by Crippen LogP contribution is -2.26. The molecule has 0 aliphatic rings. The standard InChI is InChI=1S/C12H16Br2ClNO3S/c1-9-7-11(14)12(8-10(9)13)20(17,18)16-4-2-5-19-6-3-15/h7-8,16H,2-6H2,1H3. The van der Waals surface area contributed by atoms with Crippen molar-refractivity contribution in [3.63, 3.8) is 0 Å². The van der Waals surface area contributed by atoms with Crippen molar-refractivity contribution in [2.24, 2.45) is 0 Å². The van der Waals surface area contributed by atoms with Crippen LogP contribution in [0.25, 0.3) is 0 Å². The van der Waals surface area contributed by atoms with E-state index in [0.717, 1.165) is 10.0 Å². The van der Waals surface area contributed by atoms with E-state index in [2.05, 4.69) is 36.6 Å². The van der Waals surface area contributed by atoms with Crippen molar-refractivity contribution in [2.45, 2.75) is 18.2 Å². The molecule has 0 unspecified atom stereocenters. The summed E-state index contributed by atoms with van der Waals surface area (Å²) in [6.07, 6.45) is 0.598. The number of halogens is 3. The normalized spacial score (nSPS) is 11.8. The van der Waals surface area contributed by atoms with Crippen molar-refractivity contribution in [1.29, 1.82) is 0 Å². The molecule has 0 saturated heterocycles. The molecular formula is C12H16Br2ClNO3S. The van der Waals surface area contributed by atoms with Gasteiger partial charge in [-0.15, -0.1) is 11.6 Å². The molecule has 0 aliphatic carbocycles. The van der Waals surface area contributed by atoms with Crippen LogP contribution in [0.1, 0.15) is 12.0 Å². The second-order valence-corrected chi connectivity index (χ2v) is 7.91. The van der Waals surface area contributed by atoms with Gasteiger partial charge < -0.3 is 4.74 Å². The number of benzene rings is 1. The predicted molar refractivity (Wildman–Crippen MR) is 87.9 cm³/mol. The second-order valence-electron chi connectivity index (χ2n) is 4.08. The van der Waals surface area contributed by atoms with Crippen LogP contribution in [0, 0.1) is 6.92 Å². The molecule has 114 valence electrons. The van der Waals surface area contributed by atoms with Crippen molar-refractivity contribution in [3.8, 4) is 0 Å². The van der Waals surface area contributed by atoms with Gasteiger partial charge in [-0.05, 0) is 47.0 Å². The van der Waals surface area contributed by atoms with Gasteiger partial charge in [0.25, 0.3) is 0 Å². The van der Waals surface area contributed by atoms with E-state index in [1.54, 1.807) is 12.1 Å². The largest absolute Gasteiger partial charge is 0.380 e. The van der Waals surface area contributed by atoms with Crippen LogP contribution in [0.2, 0.25) is 0 Å². The topological polar surface area (TPSA) is 55.4 Å². The first-order valence-electron chi connectivity index (χ1n) is 5.97. The predicted octanol–water partition coefficient (Wildman–Crippen LogP) is 3.44. The van der Waals surface area contributed by atoms with E-state index in [1.807, 2.05) is 6.92 Å². The van der Waals surface area contributed by atoms with E-state index in [1.165, 1.54) is 0 Å². The molecule has 0 spiro atoms. The molecule has 20 heavy (non-hydrogen) atoms. The highest BCUT2D eigenvalue weighted by atomic mass is 79.9. The van der Waals surface area contributed by atoms with E-state index in [9.17, 15) is 8.42 Å². The van der Waals surface area contributed by atoms with Gasteiger partial charge in [-0.3, -0.25) is 0 Å². The molecule has 4 nitrogen and oxygen atoms in total. The summed E-state index contributed by atoms with van der Waals surface area (Å²) >= 11 is 12.1. The van der Waals surface area contributed by atoms with E-state index < -0.39 is 10.0 Å². The molecule has 0 radical (unpaired) electrons. The maximum atomic E-state index is 12.2. The third-order valence-corrected chi connectivity index (χ3v) is 5.91. The molecule has 1 aromatic rings. The van der Waals surface area contributed by atoms with E-state index in [0.29, 0.717) is 36.5 Å². The Kier molecular flexibility index (Phi) is 8.00. The summed E-state index contributed by atoms with van der Waals surface area (Å²) in [5.74, 6) is 0.441. The van der Waals surface area contributed by atoms with Crippen molar-refractivity contribution in [3.05, 3.63) is 26.6 Å². The second kappa shape index (κ2) is 8.70. The number of aryl methyl sites for hydroxylation is 1. The molecule has 0 fully saturated rings. The molecule has 8 heteroatoms. The molecule has 0 aromatic heterocycles. The first kappa shape index (κ1) is 18.4. The van der Waals surface area contributed by atoms with Gasteiger partial charge >= 0.3 is 0 Å². The van der Waals surface area contributed by atoms with Crippen LogP contribution in [0.15, 0.2) is 26.0 Å². The molecule has 0 amide bonds. The molecule has 0 heterocycles. The lowest BCUT2D eigenvalue weighted by Gasteiger charge is -2.10. The van der Waals surface area contributed by atoms with Crippen LogP contribution >= 0.6 is 43.5 Å². The minimum Gasteiger partial charge on any atom is -0.380 e. The fourth-order valence-electron chi connectivity index (χ4n) is 1.45. The quantitative estimate of drug-likeness (QED) is 0.489. The average molecular weight is 450 g/mol. The first-order valence-corrected chi connectivity index (χ1v) is 9.58. The van der Waals surface area contributed by atoms with Gasteiger partial charge in [-0.2, -0.15) is 0 Å². The van der Waals surface area contributed by atoms with Crippen molar-refractivity contribution in [2.75, 3.05) is 25.6 Å². The Bertz CT molecular complexity index is 552. The molecular weight excluding hydrogens is 433 g/mol. The average Bonchev–Trinajstić information content (AvgIpc) is 2.37. The summed E-state index contributed by atoms with van der Waals surface area (Å²) in [7, 11) is -3.53. The van der Waals surface area contributed by atoms with Crippen LogP contribution in [0.3, 0.4) is 0 Å². The van der Waals surface area contributed by atoms with Gasteiger partial charge in [-0.1, -0.05) is 15.9 Å². The van der Waals surface area contributed by atoms with Gasteiger partial charge in [0.15, 0.2) is 0 Å². The van der Waals surface area contributed by atoms with Crippen LogP contribution in [-0.4, -0.2) is 34.1 Å². The van der Waals surface area contributed by atoms with E-state index >= 15 is 0 Å². The summed E-state index contributed by atoms with van der Waals surface area (Å²) in [4.78, 5) is 0.219. The molecule has 0 aliphatic heterocycles. The number of ether oxygens (including phenoxy) is 1. The first-order chi connectivity index (χ1) is 9.38. The third kappa shape index (κ3) is 5.61. The van der Waals surface area contributed by atoms with Crippen LogP contribution in [-0.2, 0) is 14.8 Å². The Morgan fingerprint density at radius 3 is 2.60 bits per heavy atom. The van der Waals surface area contributed by atoms with Crippen LogP contribution in [0.5, 0.6) is 0 Å². The van der Waals surface area contributed by atoms with Gasteiger partial charge in [-0.25, -0.2) is 13.1 Å².